The van der Waals surface area contributed by atoms with Crippen LogP contribution in [-0.2, 0) is 21.5 Å². The molecule has 3 aromatic rings. The number of amides is 2. The van der Waals surface area contributed by atoms with Gasteiger partial charge in [-0.2, -0.15) is 17.6 Å². The maximum atomic E-state index is 15.1. The average Bonchev–Trinajstić information content (AvgIpc) is 3.40. The van der Waals surface area contributed by atoms with E-state index in [2.05, 4.69) is 20.4 Å². The maximum Gasteiger partial charge on any atom is 0.461 e. The molecule has 0 spiro atoms. The van der Waals surface area contributed by atoms with Gasteiger partial charge in [-0.3, -0.25) is 14.6 Å². The number of carbonyl (C=O) groups excluding carboxylic acids is 2. The van der Waals surface area contributed by atoms with Gasteiger partial charge in [0, 0.05) is 37.1 Å². The smallest absolute Gasteiger partial charge is 0.428 e. The number of benzene rings is 2. The fourth-order valence-corrected chi connectivity index (χ4v) is 5.66. The van der Waals surface area contributed by atoms with Crippen LogP contribution >= 0.6 is 11.6 Å². The van der Waals surface area contributed by atoms with E-state index in [0.29, 0.717) is 37.3 Å². The van der Waals surface area contributed by atoms with E-state index < -0.39 is 41.5 Å². The van der Waals surface area contributed by atoms with Gasteiger partial charge in [0.1, 0.15) is 17.1 Å². The highest BCUT2D eigenvalue weighted by Gasteiger charge is 2.45. The number of alkyl halides is 4. The summed E-state index contributed by atoms with van der Waals surface area (Å²) in [6.45, 7) is 5.85. The van der Waals surface area contributed by atoms with Gasteiger partial charge in [-0.05, 0) is 60.1 Å². The van der Waals surface area contributed by atoms with Gasteiger partial charge in [0.05, 0.1) is 10.7 Å². The molecule has 1 aliphatic carbocycles. The second-order valence-electron chi connectivity index (χ2n) is 12.6. The molecular weight excluding hydrogens is 617 g/mol. The van der Waals surface area contributed by atoms with Gasteiger partial charge in [-0.25, -0.2) is 4.39 Å². The van der Waals surface area contributed by atoms with Gasteiger partial charge in [0.15, 0.2) is 0 Å². The molecule has 2 aromatic carbocycles. The fourth-order valence-electron chi connectivity index (χ4n) is 5.54. The van der Waals surface area contributed by atoms with Crippen LogP contribution in [-0.4, -0.2) is 35.4 Å². The summed E-state index contributed by atoms with van der Waals surface area (Å²) < 4.78 is 73.1. The molecular formula is C33H35ClF5N3O3. The lowest BCUT2D eigenvalue weighted by atomic mass is 9.79. The first-order valence-electron chi connectivity index (χ1n) is 14.5. The van der Waals surface area contributed by atoms with Crippen molar-refractivity contribution in [1.29, 1.82) is 0 Å². The molecule has 1 aliphatic rings. The van der Waals surface area contributed by atoms with Crippen LogP contribution < -0.4 is 15.4 Å². The Hall–Kier alpha value is -3.73. The van der Waals surface area contributed by atoms with Gasteiger partial charge in [0.25, 0.3) is 0 Å². The van der Waals surface area contributed by atoms with Crippen molar-refractivity contribution in [2.24, 2.45) is 11.3 Å². The van der Waals surface area contributed by atoms with Gasteiger partial charge < -0.3 is 15.4 Å². The van der Waals surface area contributed by atoms with E-state index in [-0.39, 0.29) is 40.1 Å². The zero-order chi connectivity index (χ0) is 33.0. The lowest BCUT2D eigenvalue weighted by Crippen LogP contribution is -2.51. The molecule has 0 aliphatic heterocycles. The Morgan fingerprint density at radius 1 is 1.04 bits per heavy atom. The number of ether oxygens (including phenoxy) is 1. The first-order valence-corrected chi connectivity index (χ1v) is 14.9. The number of halogens is 6. The van der Waals surface area contributed by atoms with E-state index in [4.69, 9.17) is 11.6 Å². The van der Waals surface area contributed by atoms with E-state index in [1.807, 2.05) is 20.8 Å². The molecule has 12 heteroatoms. The Balaban J connectivity index is 1.76. The van der Waals surface area contributed by atoms with Crippen LogP contribution in [0, 0.1) is 17.2 Å². The van der Waals surface area contributed by atoms with Crippen LogP contribution in [0.15, 0.2) is 66.9 Å². The predicted molar refractivity (Wildman–Crippen MR) is 160 cm³/mol. The monoisotopic (exact) mass is 651 g/mol. The number of rotatable bonds is 11. The normalized spacial score (nSPS) is 18.4. The SMILES string of the molecule is CC(C)(C)CC(=O)N[C@@H]1CCC(C(=O)N[C@@](Cc2ccccc2)(c2cc(F)cc(OC(F)(F)C(F)F)c2)c2ccc(Cl)cn2)C1. The molecule has 3 atom stereocenters. The summed E-state index contributed by atoms with van der Waals surface area (Å²) in [4.78, 5) is 31.0. The molecule has 1 fully saturated rings. The van der Waals surface area contributed by atoms with Crippen LogP contribution in [0.3, 0.4) is 0 Å². The van der Waals surface area contributed by atoms with Crippen LogP contribution in [0.5, 0.6) is 5.75 Å². The quantitative estimate of drug-likeness (QED) is 0.211. The van der Waals surface area contributed by atoms with Gasteiger partial charge in [-0.1, -0.05) is 62.7 Å². The number of hydrogen-bond donors (Lipinski definition) is 2. The second-order valence-corrected chi connectivity index (χ2v) is 13.0. The number of nitrogens with one attached hydrogen (secondary N) is 2. The van der Waals surface area contributed by atoms with Crippen LogP contribution in [0.1, 0.15) is 63.3 Å². The summed E-state index contributed by atoms with van der Waals surface area (Å²) in [6.07, 6.45) is -6.12. The first kappa shape index (κ1) is 34.1. The van der Waals surface area contributed by atoms with Gasteiger partial charge in [-0.15, -0.1) is 0 Å². The standard InChI is InChI=1S/C33H35ClF5N3O3/c1-31(2,3)18-28(43)41-25-11-9-21(13-25)29(44)42-32(17-20-7-5-4-6-8-20,27-12-10-23(34)19-40-27)22-14-24(35)16-26(15-22)45-33(38,39)30(36)37/h4-8,10,12,14-16,19,21,25,30H,9,11,13,17-18H2,1-3H3,(H,41,43)(H,42,44)/t21?,25-,32+/m1/s1. The number of carbonyl (C=O) groups is 2. The highest BCUT2D eigenvalue weighted by molar-refractivity contribution is 6.30. The summed E-state index contributed by atoms with van der Waals surface area (Å²) in [5, 5.41) is 6.27. The van der Waals surface area contributed by atoms with Crippen molar-refractivity contribution in [2.45, 2.75) is 77.0 Å². The lowest BCUT2D eigenvalue weighted by molar-refractivity contribution is -0.253. The summed E-state index contributed by atoms with van der Waals surface area (Å²) in [6, 6.07) is 14.1. The molecule has 0 bridgehead atoms. The van der Waals surface area contributed by atoms with Crippen molar-refractivity contribution < 1.29 is 36.3 Å². The second kappa shape index (κ2) is 13.7. The molecule has 2 amide bonds. The van der Waals surface area contributed by atoms with Crippen molar-refractivity contribution in [3.8, 4) is 5.75 Å². The molecule has 1 heterocycles. The summed E-state index contributed by atoms with van der Waals surface area (Å²) in [7, 11) is 0. The van der Waals surface area contributed by atoms with Gasteiger partial charge >= 0.3 is 12.5 Å². The molecule has 1 unspecified atom stereocenters. The molecule has 4 rings (SSSR count). The van der Waals surface area contributed by atoms with Crippen molar-refractivity contribution in [1.82, 2.24) is 15.6 Å². The number of nitrogens with zero attached hydrogens (tertiary/aromatic N) is 1. The minimum absolute atomic E-state index is 0.0270. The molecule has 0 saturated heterocycles. The molecule has 2 N–H and O–H groups in total. The molecule has 0 radical (unpaired) electrons. The summed E-state index contributed by atoms with van der Waals surface area (Å²) in [5.74, 6) is -3.04. The fraction of sp³-hybridized carbons (Fsp3) is 0.424. The van der Waals surface area contributed by atoms with E-state index in [9.17, 15) is 27.2 Å². The average molecular weight is 652 g/mol. The van der Waals surface area contributed by atoms with Crippen molar-refractivity contribution in [2.75, 3.05) is 0 Å². The van der Waals surface area contributed by atoms with Crippen LogP contribution in [0.25, 0.3) is 0 Å². The Bertz CT molecular complexity index is 1490. The highest BCUT2D eigenvalue weighted by atomic mass is 35.5. The van der Waals surface area contributed by atoms with E-state index in [1.165, 1.54) is 18.3 Å². The predicted octanol–water partition coefficient (Wildman–Crippen LogP) is 7.43. The third-order valence-electron chi connectivity index (χ3n) is 7.54. The molecule has 242 valence electrons. The third kappa shape index (κ3) is 8.93. The molecule has 45 heavy (non-hydrogen) atoms. The summed E-state index contributed by atoms with van der Waals surface area (Å²) >= 11 is 6.11. The Labute approximate surface area is 263 Å². The van der Waals surface area contributed by atoms with Crippen molar-refractivity contribution in [3.05, 3.63) is 94.5 Å². The topological polar surface area (TPSA) is 80.3 Å². The largest absolute Gasteiger partial charge is 0.461 e. The van der Waals surface area contributed by atoms with Crippen molar-refractivity contribution in [3.63, 3.8) is 0 Å². The lowest BCUT2D eigenvalue weighted by Gasteiger charge is -2.36. The van der Waals surface area contributed by atoms with Gasteiger partial charge in [0.2, 0.25) is 11.8 Å². The maximum absolute atomic E-state index is 15.1. The van der Waals surface area contributed by atoms with E-state index in [0.717, 1.165) is 12.1 Å². The van der Waals surface area contributed by atoms with Crippen molar-refractivity contribution >= 4 is 23.4 Å². The van der Waals surface area contributed by atoms with Crippen LogP contribution in [0.4, 0.5) is 22.0 Å². The Kier molecular flexibility index (Phi) is 10.4. The summed E-state index contributed by atoms with van der Waals surface area (Å²) in [5.41, 5.74) is -1.11. The highest BCUT2D eigenvalue weighted by Crippen LogP contribution is 2.38. The number of hydrogen-bond acceptors (Lipinski definition) is 4. The third-order valence-corrected chi connectivity index (χ3v) is 7.77. The zero-order valence-corrected chi connectivity index (χ0v) is 25.8. The van der Waals surface area contributed by atoms with E-state index in [1.54, 1.807) is 30.3 Å². The molecule has 6 nitrogen and oxygen atoms in total. The number of pyridine rings is 1. The Morgan fingerprint density at radius 2 is 1.76 bits per heavy atom. The number of aromatic nitrogens is 1. The molecule has 1 aromatic heterocycles. The minimum Gasteiger partial charge on any atom is -0.428 e. The zero-order valence-electron chi connectivity index (χ0n) is 25.1. The molecule has 1 saturated carbocycles. The Morgan fingerprint density at radius 3 is 2.38 bits per heavy atom. The van der Waals surface area contributed by atoms with E-state index >= 15 is 4.39 Å². The first-order chi connectivity index (χ1) is 21.1. The minimum atomic E-state index is -4.90. The van der Waals surface area contributed by atoms with Crippen LogP contribution in [0.2, 0.25) is 5.02 Å².